The van der Waals surface area contributed by atoms with Crippen molar-refractivity contribution in [3.63, 3.8) is 0 Å². The summed E-state index contributed by atoms with van der Waals surface area (Å²) in [7, 11) is 1.74. The fourth-order valence-corrected chi connectivity index (χ4v) is 2.69. The summed E-state index contributed by atoms with van der Waals surface area (Å²) in [6.07, 6.45) is -0.205. The van der Waals surface area contributed by atoms with Crippen LogP contribution >= 0.6 is 11.6 Å². The Morgan fingerprint density at radius 1 is 1.25 bits per heavy atom. The van der Waals surface area contributed by atoms with Crippen LogP contribution in [0.4, 0.5) is 4.79 Å². The highest BCUT2D eigenvalue weighted by molar-refractivity contribution is 6.30. The van der Waals surface area contributed by atoms with Gasteiger partial charge in [-0.3, -0.25) is 0 Å². The maximum atomic E-state index is 12.2. The normalized spacial score (nSPS) is 15.7. The number of hydrogen-bond acceptors (Lipinski definition) is 3. The van der Waals surface area contributed by atoms with Crippen LogP contribution in [0.5, 0.6) is 11.5 Å². The predicted molar refractivity (Wildman–Crippen MR) is 92.7 cm³/mol. The summed E-state index contributed by atoms with van der Waals surface area (Å²) in [4.78, 5) is 13.8. The number of nitrogens with zero attached hydrogens (tertiary/aromatic N) is 1. The molecule has 0 aliphatic carbocycles. The molecule has 1 unspecified atom stereocenters. The van der Waals surface area contributed by atoms with Crippen LogP contribution in [0.15, 0.2) is 48.5 Å². The van der Waals surface area contributed by atoms with E-state index in [1.54, 1.807) is 11.9 Å². The Morgan fingerprint density at radius 3 is 2.83 bits per heavy atom. The van der Waals surface area contributed by atoms with Crippen LogP contribution in [0, 0.1) is 0 Å². The van der Waals surface area contributed by atoms with Crippen LogP contribution in [0.1, 0.15) is 5.56 Å². The zero-order chi connectivity index (χ0) is 16.9. The maximum absolute atomic E-state index is 12.2. The molecule has 24 heavy (non-hydrogen) atoms. The molecule has 2 amide bonds. The van der Waals surface area contributed by atoms with E-state index in [1.165, 1.54) is 0 Å². The third kappa shape index (κ3) is 4.11. The topological polar surface area (TPSA) is 50.8 Å². The average Bonchev–Trinajstić information content (AvgIpc) is 2.59. The van der Waals surface area contributed by atoms with Gasteiger partial charge in [0.25, 0.3) is 0 Å². The number of ether oxygens (including phenoxy) is 2. The van der Waals surface area contributed by atoms with Gasteiger partial charge in [0.2, 0.25) is 0 Å². The maximum Gasteiger partial charge on any atom is 0.317 e. The van der Waals surface area contributed by atoms with Gasteiger partial charge < -0.3 is 19.7 Å². The molecule has 2 aromatic carbocycles. The number of benzene rings is 2. The number of carbonyl (C=O) groups is 1. The highest BCUT2D eigenvalue weighted by atomic mass is 35.5. The predicted octanol–water partition coefficient (Wildman–Crippen LogP) is 3.32. The number of amides is 2. The molecular formula is C18H19ClN2O3. The molecule has 0 saturated carbocycles. The first-order valence-electron chi connectivity index (χ1n) is 7.74. The Hall–Kier alpha value is -2.40. The highest BCUT2D eigenvalue weighted by Gasteiger charge is 2.21. The fraction of sp³-hybridized carbons (Fsp3) is 0.278. The van der Waals surface area contributed by atoms with Gasteiger partial charge in [-0.2, -0.15) is 0 Å². The van der Waals surface area contributed by atoms with E-state index in [2.05, 4.69) is 5.32 Å². The lowest BCUT2D eigenvalue weighted by atomic mass is 10.2. The number of hydrogen-bond donors (Lipinski definition) is 1. The van der Waals surface area contributed by atoms with Gasteiger partial charge in [-0.15, -0.1) is 0 Å². The summed E-state index contributed by atoms with van der Waals surface area (Å²) < 4.78 is 11.5. The molecule has 0 fully saturated rings. The second-order valence-electron chi connectivity index (χ2n) is 5.67. The summed E-state index contributed by atoms with van der Waals surface area (Å²) in [5, 5.41) is 3.53. The number of rotatable bonds is 4. The van der Waals surface area contributed by atoms with Crippen molar-refractivity contribution >= 4 is 17.6 Å². The highest BCUT2D eigenvalue weighted by Crippen LogP contribution is 2.30. The number of nitrogens with one attached hydrogen (secondary N) is 1. The molecule has 5 nitrogen and oxygen atoms in total. The molecule has 126 valence electrons. The van der Waals surface area contributed by atoms with Crippen LogP contribution in [-0.4, -0.2) is 37.2 Å². The number of urea groups is 1. The Balaban J connectivity index is 1.49. The lowest BCUT2D eigenvalue weighted by Gasteiger charge is -2.27. The molecule has 1 N–H and O–H groups in total. The Bertz CT molecular complexity index is 723. The third-order valence-electron chi connectivity index (χ3n) is 3.70. The Kier molecular flexibility index (Phi) is 5.11. The first-order valence-corrected chi connectivity index (χ1v) is 8.11. The smallest absolute Gasteiger partial charge is 0.317 e. The molecule has 0 bridgehead atoms. The van der Waals surface area contributed by atoms with Gasteiger partial charge in [0.15, 0.2) is 17.6 Å². The average molecular weight is 347 g/mol. The summed E-state index contributed by atoms with van der Waals surface area (Å²) in [5.74, 6) is 1.44. The molecule has 1 aliphatic rings. The van der Waals surface area contributed by atoms with Crippen molar-refractivity contribution < 1.29 is 14.3 Å². The summed E-state index contributed by atoms with van der Waals surface area (Å²) in [5.41, 5.74) is 0.978. The van der Waals surface area contributed by atoms with E-state index in [0.29, 0.717) is 30.5 Å². The number of fused-ring (bicyclic) bond motifs is 1. The molecule has 1 heterocycles. The van der Waals surface area contributed by atoms with E-state index in [1.807, 2.05) is 48.5 Å². The van der Waals surface area contributed by atoms with Crippen molar-refractivity contribution in [1.82, 2.24) is 10.2 Å². The van der Waals surface area contributed by atoms with E-state index in [4.69, 9.17) is 21.1 Å². The van der Waals surface area contributed by atoms with Gasteiger partial charge in [0, 0.05) is 18.6 Å². The van der Waals surface area contributed by atoms with Gasteiger partial charge in [0.05, 0.1) is 6.54 Å². The van der Waals surface area contributed by atoms with Crippen LogP contribution in [0.3, 0.4) is 0 Å². The van der Waals surface area contributed by atoms with Crippen molar-refractivity contribution in [2.45, 2.75) is 12.6 Å². The minimum Gasteiger partial charge on any atom is -0.486 e. The van der Waals surface area contributed by atoms with Gasteiger partial charge in [-0.1, -0.05) is 35.9 Å². The molecule has 6 heteroatoms. The van der Waals surface area contributed by atoms with Crippen molar-refractivity contribution in [2.24, 2.45) is 0 Å². The molecule has 0 spiro atoms. The van der Waals surface area contributed by atoms with E-state index in [0.717, 1.165) is 11.3 Å². The number of carbonyl (C=O) groups excluding carboxylic acids is 1. The Morgan fingerprint density at radius 2 is 2.04 bits per heavy atom. The fourth-order valence-electron chi connectivity index (χ4n) is 2.48. The molecule has 3 rings (SSSR count). The monoisotopic (exact) mass is 346 g/mol. The molecule has 0 saturated heterocycles. The molecule has 1 aliphatic heterocycles. The zero-order valence-corrected chi connectivity index (χ0v) is 14.1. The molecule has 0 radical (unpaired) electrons. The molecule has 2 aromatic rings. The van der Waals surface area contributed by atoms with Gasteiger partial charge in [0.1, 0.15) is 6.61 Å². The first kappa shape index (κ1) is 16.5. The van der Waals surface area contributed by atoms with E-state index in [-0.39, 0.29) is 12.1 Å². The van der Waals surface area contributed by atoms with Crippen molar-refractivity contribution in [3.05, 3.63) is 59.1 Å². The SMILES string of the molecule is CN(Cc1cccc(Cl)c1)C(=O)NCC1COc2ccccc2O1. The first-order chi connectivity index (χ1) is 11.6. The number of halogens is 1. The zero-order valence-electron chi connectivity index (χ0n) is 13.4. The summed E-state index contributed by atoms with van der Waals surface area (Å²) in [6, 6.07) is 14.8. The largest absolute Gasteiger partial charge is 0.486 e. The standard InChI is InChI=1S/C18H19ClN2O3/c1-21(11-13-5-4-6-14(19)9-13)18(22)20-10-15-12-23-16-7-2-3-8-17(16)24-15/h2-9,15H,10-12H2,1H3,(H,20,22). The minimum absolute atomic E-state index is 0.169. The van der Waals surface area contributed by atoms with Crippen molar-refractivity contribution in [2.75, 3.05) is 20.2 Å². The molecule has 0 aromatic heterocycles. The molecular weight excluding hydrogens is 328 g/mol. The van der Waals surface area contributed by atoms with Crippen molar-refractivity contribution in [3.8, 4) is 11.5 Å². The molecule has 1 atom stereocenters. The van der Waals surface area contributed by atoms with Gasteiger partial charge >= 0.3 is 6.03 Å². The second-order valence-corrected chi connectivity index (χ2v) is 6.11. The summed E-state index contributed by atoms with van der Waals surface area (Å²) in [6.45, 7) is 1.28. The van der Waals surface area contributed by atoms with Crippen LogP contribution in [0.25, 0.3) is 0 Å². The van der Waals surface area contributed by atoms with Crippen LogP contribution in [-0.2, 0) is 6.54 Å². The van der Waals surface area contributed by atoms with Crippen LogP contribution < -0.4 is 14.8 Å². The second kappa shape index (κ2) is 7.45. The number of para-hydroxylation sites is 2. The Labute approximate surface area is 146 Å². The van der Waals surface area contributed by atoms with E-state index in [9.17, 15) is 4.79 Å². The minimum atomic E-state index is -0.205. The van der Waals surface area contributed by atoms with E-state index < -0.39 is 0 Å². The van der Waals surface area contributed by atoms with Gasteiger partial charge in [-0.25, -0.2) is 4.79 Å². The van der Waals surface area contributed by atoms with Gasteiger partial charge in [-0.05, 0) is 29.8 Å². The third-order valence-corrected chi connectivity index (χ3v) is 3.94. The lowest BCUT2D eigenvalue weighted by molar-refractivity contribution is 0.0904. The van der Waals surface area contributed by atoms with Crippen LogP contribution in [0.2, 0.25) is 5.02 Å². The van der Waals surface area contributed by atoms with E-state index >= 15 is 0 Å². The van der Waals surface area contributed by atoms with Crippen molar-refractivity contribution in [1.29, 1.82) is 0 Å². The quantitative estimate of drug-likeness (QED) is 0.924. The summed E-state index contributed by atoms with van der Waals surface area (Å²) >= 11 is 5.96. The lowest BCUT2D eigenvalue weighted by Crippen LogP contribution is -2.44.